The Hall–Kier alpha value is -1.40. The van der Waals surface area contributed by atoms with Crippen LogP contribution < -0.4 is 0 Å². The van der Waals surface area contributed by atoms with Crippen molar-refractivity contribution in [3.05, 3.63) is 23.2 Å². The van der Waals surface area contributed by atoms with Crippen LogP contribution in [0.4, 0.5) is 4.79 Å². The highest BCUT2D eigenvalue weighted by Crippen LogP contribution is 2.21. The Morgan fingerprint density at radius 1 is 1.42 bits per heavy atom. The molecule has 24 heavy (non-hydrogen) atoms. The Morgan fingerprint density at radius 2 is 2.12 bits per heavy atom. The normalized spacial score (nSPS) is 18.8. The zero-order valence-electron chi connectivity index (χ0n) is 15.0. The van der Waals surface area contributed by atoms with Gasteiger partial charge in [0.15, 0.2) is 5.15 Å². The van der Waals surface area contributed by atoms with Crippen LogP contribution in [0.5, 0.6) is 0 Å². The molecule has 0 aromatic carbocycles. The van der Waals surface area contributed by atoms with Crippen molar-refractivity contribution in [2.24, 2.45) is 5.92 Å². The maximum atomic E-state index is 12.2. The van der Waals surface area contributed by atoms with Crippen molar-refractivity contribution in [2.45, 2.75) is 45.8 Å². The summed E-state index contributed by atoms with van der Waals surface area (Å²) in [5.41, 5.74) is 0.324. The fraction of sp³-hybridized carbons (Fsp3) is 0.706. The molecule has 1 aromatic heterocycles. The topological polar surface area (TPSA) is 58.6 Å². The van der Waals surface area contributed by atoms with E-state index in [0.29, 0.717) is 17.6 Å². The first-order chi connectivity index (χ1) is 11.2. The lowest BCUT2D eigenvalue weighted by molar-refractivity contribution is 0.0147. The fourth-order valence-electron chi connectivity index (χ4n) is 2.92. The number of hydrogen-bond donors (Lipinski definition) is 0. The average Bonchev–Trinajstić information content (AvgIpc) is 2.48. The van der Waals surface area contributed by atoms with E-state index in [1.807, 2.05) is 32.7 Å². The standard InChI is InChI=1S/C17H27ClN4O2/c1-17(2,3)24-16(23)22-9-5-6-13(11-22)10-21(4)12-14-15(18)20-8-7-19-14/h7-8,13H,5-6,9-12H2,1-4H3/t13-/m1/s1. The molecule has 1 aliphatic rings. The van der Waals surface area contributed by atoms with Crippen LogP contribution in [-0.4, -0.2) is 58.1 Å². The van der Waals surface area contributed by atoms with Gasteiger partial charge in [0, 0.05) is 38.6 Å². The Morgan fingerprint density at radius 3 is 2.79 bits per heavy atom. The first-order valence-corrected chi connectivity index (χ1v) is 8.74. The lowest BCUT2D eigenvalue weighted by Gasteiger charge is -2.35. The molecule has 6 nitrogen and oxygen atoms in total. The number of carbonyl (C=O) groups excluding carboxylic acids is 1. The molecule has 0 N–H and O–H groups in total. The largest absolute Gasteiger partial charge is 0.444 e. The third kappa shape index (κ3) is 5.91. The molecule has 0 unspecified atom stereocenters. The molecular weight excluding hydrogens is 328 g/mol. The third-order valence-electron chi connectivity index (χ3n) is 3.88. The molecule has 1 aliphatic heterocycles. The number of rotatable bonds is 4. The average molecular weight is 355 g/mol. The summed E-state index contributed by atoms with van der Waals surface area (Å²) in [4.78, 5) is 24.6. The van der Waals surface area contributed by atoms with E-state index in [-0.39, 0.29) is 6.09 Å². The number of likely N-dealkylation sites (tertiary alicyclic amines) is 1. The number of halogens is 1. The lowest BCUT2D eigenvalue weighted by Crippen LogP contribution is -2.45. The molecule has 2 heterocycles. The van der Waals surface area contributed by atoms with Gasteiger partial charge in [0.1, 0.15) is 5.60 Å². The summed E-state index contributed by atoms with van der Waals surface area (Å²) in [7, 11) is 2.04. The van der Waals surface area contributed by atoms with Gasteiger partial charge in [-0.2, -0.15) is 0 Å². The minimum atomic E-state index is -0.455. The van der Waals surface area contributed by atoms with Gasteiger partial charge in [0.05, 0.1) is 5.69 Å². The summed E-state index contributed by atoms with van der Waals surface area (Å²) in [5, 5.41) is 0.448. The van der Waals surface area contributed by atoms with E-state index in [2.05, 4.69) is 14.9 Å². The Balaban J connectivity index is 1.86. The number of amides is 1. The van der Waals surface area contributed by atoms with Crippen molar-refractivity contribution < 1.29 is 9.53 Å². The van der Waals surface area contributed by atoms with Gasteiger partial charge in [0.25, 0.3) is 0 Å². The molecule has 0 bridgehead atoms. The Bertz CT molecular complexity index is 562. The molecule has 0 saturated carbocycles. The first-order valence-electron chi connectivity index (χ1n) is 8.36. The molecule has 0 radical (unpaired) electrons. The highest BCUT2D eigenvalue weighted by Gasteiger charge is 2.28. The molecule has 0 spiro atoms. The number of carbonyl (C=O) groups is 1. The number of nitrogens with zero attached hydrogens (tertiary/aromatic N) is 4. The summed E-state index contributed by atoms with van der Waals surface area (Å²) in [6.45, 7) is 8.71. The maximum Gasteiger partial charge on any atom is 0.410 e. The van der Waals surface area contributed by atoms with Crippen molar-refractivity contribution >= 4 is 17.7 Å². The summed E-state index contributed by atoms with van der Waals surface area (Å²) in [5.74, 6) is 0.423. The summed E-state index contributed by atoms with van der Waals surface area (Å²) in [6.07, 6.45) is 5.14. The van der Waals surface area contributed by atoms with Gasteiger partial charge >= 0.3 is 6.09 Å². The van der Waals surface area contributed by atoms with Crippen molar-refractivity contribution in [1.29, 1.82) is 0 Å². The SMILES string of the molecule is CN(Cc1nccnc1Cl)C[C@H]1CCCN(C(=O)OC(C)(C)C)C1. The summed E-state index contributed by atoms with van der Waals surface area (Å²) in [6, 6.07) is 0. The highest BCUT2D eigenvalue weighted by molar-refractivity contribution is 6.29. The second-order valence-corrected chi connectivity index (χ2v) is 7.78. The van der Waals surface area contributed by atoms with E-state index in [1.165, 1.54) is 0 Å². The van der Waals surface area contributed by atoms with Gasteiger partial charge in [-0.15, -0.1) is 0 Å². The zero-order valence-corrected chi connectivity index (χ0v) is 15.7. The lowest BCUT2D eigenvalue weighted by atomic mass is 9.98. The Labute approximate surface area is 149 Å². The predicted molar refractivity (Wildman–Crippen MR) is 93.9 cm³/mol. The van der Waals surface area contributed by atoms with E-state index in [1.54, 1.807) is 12.4 Å². The monoisotopic (exact) mass is 354 g/mol. The van der Waals surface area contributed by atoms with Gasteiger partial charge in [0.2, 0.25) is 0 Å². The van der Waals surface area contributed by atoms with Gasteiger partial charge in [-0.3, -0.25) is 4.98 Å². The van der Waals surface area contributed by atoms with Crippen molar-refractivity contribution in [2.75, 3.05) is 26.7 Å². The van der Waals surface area contributed by atoms with E-state index < -0.39 is 5.60 Å². The molecule has 134 valence electrons. The fourth-order valence-corrected chi connectivity index (χ4v) is 3.09. The number of piperidine rings is 1. The second-order valence-electron chi connectivity index (χ2n) is 7.43. The number of ether oxygens (including phenoxy) is 1. The molecule has 1 saturated heterocycles. The first kappa shape index (κ1) is 18.9. The minimum absolute atomic E-state index is 0.216. The van der Waals surface area contributed by atoms with E-state index in [9.17, 15) is 4.79 Å². The van der Waals surface area contributed by atoms with Crippen LogP contribution in [0.25, 0.3) is 0 Å². The predicted octanol–water partition coefficient (Wildman–Crippen LogP) is 3.21. The molecule has 1 amide bonds. The van der Waals surface area contributed by atoms with Gasteiger partial charge < -0.3 is 14.5 Å². The van der Waals surface area contributed by atoms with Crippen LogP contribution in [0, 0.1) is 5.92 Å². The quantitative estimate of drug-likeness (QED) is 0.831. The van der Waals surface area contributed by atoms with Gasteiger partial charge in [-0.05, 0) is 46.6 Å². The van der Waals surface area contributed by atoms with Crippen LogP contribution in [0.1, 0.15) is 39.3 Å². The molecule has 1 aromatic rings. The van der Waals surface area contributed by atoms with Crippen LogP contribution in [0.15, 0.2) is 12.4 Å². The third-order valence-corrected chi connectivity index (χ3v) is 4.20. The Kier molecular flexibility index (Phi) is 6.40. The van der Waals surface area contributed by atoms with E-state index in [4.69, 9.17) is 16.3 Å². The number of aromatic nitrogens is 2. The van der Waals surface area contributed by atoms with Gasteiger partial charge in [-0.25, -0.2) is 9.78 Å². The van der Waals surface area contributed by atoms with Crippen LogP contribution in [0.2, 0.25) is 5.15 Å². The number of hydrogen-bond acceptors (Lipinski definition) is 5. The smallest absolute Gasteiger partial charge is 0.410 e. The molecule has 2 rings (SSSR count). The van der Waals surface area contributed by atoms with Crippen LogP contribution in [0.3, 0.4) is 0 Å². The molecule has 0 aliphatic carbocycles. The minimum Gasteiger partial charge on any atom is -0.444 e. The van der Waals surface area contributed by atoms with Crippen LogP contribution in [-0.2, 0) is 11.3 Å². The van der Waals surface area contributed by atoms with E-state index in [0.717, 1.165) is 38.2 Å². The zero-order chi connectivity index (χ0) is 17.7. The summed E-state index contributed by atoms with van der Waals surface area (Å²) < 4.78 is 5.48. The summed E-state index contributed by atoms with van der Waals surface area (Å²) >= 11 is 6.07. The van der Waals surface area contributed by atoms with Crippen molar-refractivity contribution in [3.63, 3.8) is 0 Å². The molecule has 1 fully saturated rings. The van der Waals surface area contributed by atoms with E-state index >= 15 is 0 Å². The molecule has 1 atom stereocenters. The molecule has 7 heteroatoms. The second kappa shape index (κ2) is 8.12. The highest BCUT2D eigenvalue weighted by atomic mass is 35.5. The van der Waals surface area contributed by atoms with Crippen molar-refractivity contribution in [1.82, 2.24) is 19.8 Å². The molecular formula is C17H27ClN4O2. The van der Waals surface area contributed by atoms with Gasteiger partial charge in [-0.1, -0.05) is 11.6 Å². The van der Waals surface area contributed by atoms with Crippen LogP contribution >= 0.6 is 11.6 Å². The maximum absolute atomic E-state index is 12.2. The van der Waals surface area contributed by atoms with Crippen molar-refractivity contribution in [3.8, 4) is 0 Å².